The van der Waals surface area contributed by atoms with Crippen LogP contribution in [-0.4, -0.2) is 14.8 Å². The van der Waals surface area contributed by atoms with Gasteiger partial charge in [0.15, 0.2) is 0 Å². The van der Waals surface area contributed by atoms with Gasteiger partial charge in [-0.3, -0.25) is 4.79 Å². The maximum atomic E-state index is 11.0. The monoisotopic (exact) mass is 236 g/mol. The van der Waals surface area contributed by atoms with Crippen LogP contribution in [0.4, 0.5) is 0 Å². The van der Waals surface area contributed by atoms with Crippen molar-refractivity contribution >= 4 is 27.9 Å². The van der Waals surface area contributed by atoms with Gasteiger partial charge in [0.05, 0.1) is 11.0 Å². The smallest absolute Gasteiger partial charge is 0.252 e. The van der Waals surface area contributed by atoms with Crippen LogP contribution in [0.15, 0.2) is 18.2 Å². The number of carbonyl (C=O) groups excluding carboxylic acids is 1. The highest BCUT2D eigenvalue weighted by Gasteiger charge is 2.09. The van der Waals surface area contributed by atoms with Gasteiger partial charge < -0.3 is 4.57 Å². The summed E-state index contributed by atoms with van der Waals surface area (Å²) >= 11 is 5.44. The molecule has 3 nitrogen and oxygen atoms in total. The maximum absolute atomic E-state index is 11.0. The number of carbonyl (C=O) groups is 1. The van der Waals surface area contributed by atoms with Gasteiger partial charge >= 0.3 is 0 Å². The molecule has 1 heterocycles. The van der Waals surface area contributed by atoms with Crippen molar-refractivity contribution in [3.63, 3.8) is 0 Å². The van der Waals surface area contributed by atoms with Crippen LogP contribution in [0.1, 0.15) is 29.5 Å². The Morgan fingerprint density at radius 3 is 2.88 bits per heavy atom. The summed E-state index contributed by atoms with van der Waals surface area (Å²) in [4.78, 5) is 15.5. The number of fused-ring (bicyclic) bond motifs is 1. The molecule has 0 saturated heterocycles. The van der Waals surface area contributed by atoms with Crippen molar-refractivity contribution in [2.75, 3.05) is 0 Å². The number of imidazole rings is 1. The molecule has 0 amide bonds. The minimum Gasteiger partial charge on any atom is -0.328 e. The van der Waals surface area contributed by atoms with E-state index in [0.717, 1.165) is 29.8 Å². The lowest BCUT2D eigenvalue weighted by Crippen LogP contribution is -1.98. The van der Waals surface area contributed by atoms with Crippen molar-refractivity contribution in [2.45, 2.75) is 26.8 Å². The number of benzene rings is 1. The van der Waals surface area contributed by atoms with Gasteiger partial charge in [0, 0.05) is 12.1 Å². The second-order valence-corrected chi connectivity index (χ2v) is 4.13. The third kappa shape index (κ3) is 1.83. The van der Waals surface area contributed by atoms with E-state index in [1.165, 1.54) is 0 Å². The highest BCUT2D eigenvalue weighted by molar-refractivity contribution is 6.67. The predicted molar refractivity (Wildman–Crippen MR) is 64.9 cm³/mol. The summed E-state index contributed by atoms with van der Waals surface area (Å²) in [5.41, 5.74) is 2.38. The molecule has 0 saturated carbocycles. The second kappa shape index (κ2) is 4.26. The molecule has 0 bridgehead atoms. The third-order valence-electron chi connectivity index (χ3n) is 2.61. The molecule has 0 aliphatic carbocycles. The summed E-state index contributed by atoms with van der Waals surface area (Å²) in [5, 5.41) is -0.440. The summed E-state index contributed by atoms with van der Waals surface area (Å²) < 4.78 is 2.15. The molecule has 0 radical (unpaired) electrons. The van der Waals surface area contributed by atoms with E-state index in [1.807, 2.05) is 13.0 Å². The number of aromatic nitrogens is 2. The standard InChI is InChI=1S/C12H13ClN2O/c1-3-6-15-8(2)14-10-7-9(12(13)16)4-5-11(10)15/h4-5,7H,3,6H2,1-2H3. The van der Waals surface area contributed by atoms with Crippen molar-refractivity contribution in [2.24, 2.45) is 0 Å². The zero-order valence-corrected chi connectivity index (χ0v) is 10.1. The summed E-state index contributed by atoms with van der Waals surface area (Å²) in [5.74, 6) is 0.969. The molecule has 0 fully saturated rings. The predicted octanol–water partition coefficient (Wildman–Crippen LogP) is 3.13. The van der Waals surface area contributed by atoms with Crippen molar-refractivity contribution in [1.29, 1.82) is 0 Å². The molecule has 0 aliphatic rings. The van der Waals surface area contributed by atoms with Gasteiger partial charge in [-0.15, -0.1) is 0 Å². The van der Waals surface area contributed by atoms with E-state index in [2.05, 4.69) is 16.5 Å². The molecular weight excluding hydrogens is 224 g/mol. The van der Waals surface area contributed by atoms with E-state index in [0.29, 0.717) is 5.56 Å². The molecule has 16 heavy (non-hydrogen) atoms. The lowest BCUT2D eigenvalue weighted by molar-refractivity contribution is 0.108. The fraction of sp³-hybridized carbons (Fsp3) is 0.333. The molecule has 0 unspecified atom stereocenters. The Kier molecular flexibility index (Phi) is 2.97. The molecule has 2 aromatic rings. The van der Waals surface area contributed by atoms with Gasteiger partial charge in [0.25, 0.3) is 5.24 Å². The SMILES string of the molecule is CCCn1c(C)nc2cc(C(=O)Cl)ccc21. The Morgan fingerprint density at radius 2 is 2.25 bits per heavy atom. The first kappa shape index (κ1) is 11.1. The Balaban J connectivity index is 2.60. The molecule has 2 rings (SSSR count). The van der Waals surface area contributed by atoms with Crippen LogP contribution in [-0.2, 0) is 6.54 Å². The number of aryl methyl sites for hydroxylation is 2. The van der Waals surface area contributed by atoms with E-state index in [1.54, 1.807) is 12.1 Å². The molecule has 84 valence electrons. The molecule has 0 spiro atoms. The van der Waals surface area contributed by atoms with Crippen molar-refractivity contribution in [3.8, 4) is 0 Å². The van der Waals surface area contributed by atoms with Crippen LogP contribution in [0.25, 0.3) is 11.0 Å². The first-order chi connectivity index (χ1) is 7.63. The molecule has 4 heteroatoms. The lowest BCUT2D eigenvalue weighted by Gasteiger charge is -2.03. The minimum absolute atomic E-state index is 0.440. The van der Waals surface area contributed by atoms with Crippen molar-refractivity contribution < 1.29 is 4.79 Å². The summed E-state index contributed by atoms with van der Waals surface area (Å²) in [6.07, 6.45) is 1.06. The zero-order valence-electron chi connectivity index (χ0n) is 9.33. The van der Waals surface area contributed by atoms with Crippen LogP contribution in [0, 0.1) is 6.92 Å². The minimum atomic E-state index is -0.440. The average Bonchev–Trinajstić information content (AvgIpc) is 2.55. The molecule has 0 N–H and O–H groups in total. The van der Waals surface area contributed by atoms with Crippen LogP contribution >= 0.6 is 11.6 Å². The van der Waals surface area contributed by atoms with Crippen molar-refractivity contribution in [3.05, 3.63) is 29.6 Å². The van der Waals surface area contributed by atoms with Crippen LogP contribution < -0.4 is 0 Å². The van der Waals surface area contributed by atoms with Gasteiger partial charge in [-0.2, -0.15) is 0 Å². The van der Waals surface area contributed by atoms with Crippen LogP contribution in [0.3, 0.4) is 0 Å². The van der Waals surface area contributed by atoms with Crippen molar-refractivity contribution in [1.82, 2.24) is 9.55 Å². The molecular formula is C12H13ClN2O. The van der Waals surface area contributed by atoms with Crippen LogP contribution in [0.5, 0.6) is 0 Å². The Labute approximate surface area is 99.0 Å². The number of halogens is 1. The van der Waals surface area contributed by atoms with Gasteiger partial charge in [-0.1, -0.05) is 6.92 Å². The van der Waals surface area contributed by atoms with Crippen LogP contribution in [0.2, 0.25) is 0 Å². The van der Waals surface area contributed by atoms with E-state index in [-0.39, 0.29) is 0 Å². The summed E-state index contributed by atoms with van der Waals surface area (Å²) in [6.45, 7) is 5.04. The number of rotatable bonds is 3. The topological polar surface area (TPSA) is 34.9 Å². The Bertz CT molecular complexity index is 545. The summed E-state index contributed by atoms with van der Waals surface area (Å²) in [7, 11) is 0. The Morgan fingerprint density at radius 1 is 1.50 bits per heavy atom. The highest BCUT2D eigenvalue weighted by atomic mass is 35.5. The van der Waals surface area contributed by atoms with Gasteiger partial charge in [0.1, 0.15) is 5.82 Å². The van der Waals surface area contributed by atoms with E-state index < -0.39 is 5.24 Å². The van der Waals surface area contributed by atoms with E-state index in [9.17, 15) is 4.79 Å². The number of hydrogen-bond acceptors (Lipinski definition) is 2. The second-order valence-electron chi connectivity index (χ2n) is 3.79. The summed E-state index contributed by atoms with van der Waals surface area (Å²) in [6, 6.07) is 5.38. The lowest BCUT2D eigenvalue weighted by atomic mass is 10.2. The quantitative estimate of drug-likeness (QED) is 0.768. The van der Waals surface area contributed by atoms with E-state index >= 15 is 0 Å². The van der Waals surface area contributed by atoms with Gasteiger partial charge in [0.2, 0.25) is 0 Å². The largest absolute Gasteiger partial charge is 0.328 e. The number of hydrogen-bond donors (Lipinski definition) is 0. The number of nitrogens with zero attached hydrogens (tertiary/aromatic N) is 2. The third-order valence-corrected chi connectivity index (χ3v) is 2.83. The Hall–Kier alpha value is -1.35. The first-order valence-electron chi connectivity index (χ1n) is 5.30. The molecule has 1 aromatic carbocycles. The fourth-order valence-electron chi connectivity index (χ4n) is 1.88. The van der Waals surface area contributed by atoms with Gasteiger partial charge in [-0.25, -0.2) is 4.98 Å². The first-order valence-corrected chi connectivity index (χ1v) is 5.68. The maximum Gasteiger partial charge on any atom is 0.252 e. The average molecular weight is 237 g/mol. The molecule has 0 atom stereocenters. The molecule has 1 aromatic heterocycles. The van der Waals surface area contributed by atoms with E-state index in [4.69, 9.17) is 11.6 Å². The fourth-order valence-corrected chi connectivity index (χ4v) is 2.00. The normalized spacial score (nSPS) is 10.9. The van der Waals surface area contributed by atoms with Gasteiger partial charge in [-0.05, 0) is 43.1 Å². The molecule has 0 aliphatic heterocycles. The zero-order chi connectivity index (χ0) is 11.7. The highest BCUT2D eigenvalue weighted by Crippen LogP contribution is 2.19.